The van der Waals surface area contributed by atoms with E-state index in [-0.39, 0.29) is 0 Å². The van der Waals surface area contributed by atoms with E-state index in [0.717, 1.165) is 111 Å². The number of aromatic nitrogens is 4. The molecule has 0 saturated heterocycles. The van der Waals surface area contributed by atoms with Gasteiger partial charge in [0.2, 0.25) is 0 Å². The molecule has 4 aromatic heterocycles. The van der Waals surface area contributed by atoms with Crippen LogP contribution in [0, 0.1) is 62.3 Å². The average molecular weight is 849 g/mol. The normalized spacial score (nSPS) is 12.2. The van der Waals surface area contributed by atoms with Crippen LogP contribution in [0.5, 0.6) is 11.5 Å². The van der Waals surface area contributed by atoms with Gasteiger partial charge in [-0.2, -0.15) is 0 Å². The van der Waals surface area contributed by atoms with E-state index in [1.54, 1.807) is 14.2 Å². The van der Waals surface area contributed by atoms with Crippen LogP contribution in [0.25, 0.3) is 111 Å². The van der Waals surface area contributed by atoms with Crippen LogP contribution >= 0.6 is 0 Å². The SMILES string of the molecule is COc1ccc2c3c4ccc([nH]4)c(-c4c(C)cc(C)cc4C)c4nc(c(-c5c(C)cc(C)cc5C)c5ccc([nH]5)c(-c5c(C)cc(C)cc5C)c5cc(c3n5)c3c(OC)ccc1c23)C=C4. The number of nitrogens with zero attached hydrogens (tertiary/aromatic N) is 2. The van der Waals surface area contributed by atoms with Crippen LogP contribution in [0.15, 0.2) is 91.0 Å². The molecule has 0 aliphatic carbocycles. The van der Waals surface area contributed by atoms with E-state index in [0.29, 0.717) is 0 Å². The zero-order valence-corrected chi connectivity index (χ0v) is 39.0. The standard InChI is InChI=1S/C59H52N4O2/c1-29-22-32(4)50(33(5)23-29)56-42-15-14-41(60-42)54-39-13-20-48(64-10)38-12-21-49(65-11)55(53(38)39)40-28-47(63-59(40)54)58(52-36(8)26-31(3)27-37(52)9)46-19-18-45(62-46)57(44-17-16-43(56)61-44)51-34(6)24-30(2)25-35(51)7/h12-28,60,62H,1-11H3. The average Bonchev–Trinajstić information content (AvgIpc) is 4.10. The van der Waals surface area contributed by atoms with Crippen molar-refractivity contribution in [1.29, 1.82) is 0 Å². The molecule has 11 rings (SSSR count). The third kappa shape index (κ3) is 6.14. The largest absolute Gasteiger partial charge is 0.496 e. The van der Waals surface area contributed by atoms with Gasteiger partial charge in [-0.15, -0.1) is 0 Å². The van der Waals surface area contributed by atoms with E-state index in [2.05, 4.69) is 175 Å². The van der Waals surface area contributed by atoms with Crippen LogP contribution in [-0.4, -0.2) is 34.2 Å². The fraction of sp³-hybridized carbons (Fsp3) is 0.186. The molecule has 10 aromatic rings. The van der Waals surface area contributed by atoms with Gasteiger partial charge in [0.25, 0.3) is 0 Å². The summed E-state index contributed by atoms with van der Waals surface area (Å²) in [5.74, 6) is 1.60. The maximum atomic E-state index is 6.23. The Morgan fingerprint density at radius 3 is 1.31 bits per heavy atom. The lowest BCUT2D eigenvalue weighted by Crippen LogP contribution is -1.95. The van der Waals surface area contributed by atoms with E-state index in [4.69, 9.17) is 19.4 Å². The van der Waals surface area contributed by atoms with Gasteiger partial charge in [0.1, 0.15) is 11.5 Å². The summed E-state index contributed by atoms with van der Waals surface area (Å²) in [6.07, 6.45) is 4.40. The third-order valence-corrected chi connectivity index (χ3v) is 13.7. The van der Waals surface area contributed by atoms with Crippen LogP contribution in [-0.2, 0) is 0 Å². The van der Waals surface area contributed by atoms with Gasteiger partial charge in [-0.1, -0.05) is 53.1 Å². The number of ether oxygens (including phenoxy) is 2. The Morgan fingerprint density at radius 1 is 0.369 bits per heavy atom. The van der Waals surface area contributed by atoms with Gasteiger partial charge < -0.3 is 19.4 Å². The topological polar surface area (TPSA) is 75.8 Å². The molecule has 6 aromatic carbocycles. The molecule has 0 atom stereocenters. The molecule has 0 radical (unpaired) electrons. The molecule has 5 heterocycles. The monoisotopic (exact) mass is 848 g/mol. The van der Waals surface area contributed by atoms with Gasteiger partial charge in [-0.25, -0.2) is 9.97 Å². The number of aryl methyl sites for hydroxylation is 9. The number of methoxy groups -OCH3 is 2. The molecule has 65 heavy (non-hydrogen) atoms. The van der Waals surface area contributed by atoms with Crippen molar-refractivity contribution in [2.75, 3.05) is 14.2 Å². The van der Waals surface area contributed by atoms with E-state index in [1.165, 1.54) is 61.2 Å². The number of hydrogen-bond acceptors (Lipinski definition) is 4. The Labute approximate surface area is 379 Å². The van der Waals surface area contributed by atoms with Crippen LogP contribution in [0.1, 0.15) is 61.5 Å². The second kappa shape index (κ2) is 14.8. The zero-order valence-electron chi connectivity index (χ0n) is 39.0. The number of H-pyrrole nitrogens is 2. The van der Waals surface area contributed by atoms with E-state index >= 15 is 0 Å². The summed E-state index contributed by atoms with van der Waals surface area (Å²) in [6.45, 7) is 19.8. The predicted octanol–water partition coefficient (Wildman–Crippen LogP) is 15.5. The second-order valence-corrected chi connectivity index (χ2v) is 18.4. The van der Waals surface area contributed by atoms with Crippen LogP contribution in [0.2, 0.25) is 0 Å². The highest BCUT2D eigenvalue weighted by atomic mass is 16.5. The summed E-state index contributed by atoms with van der Waals surface area (Å²) in [4.78, 5) is 19.5. The Balaban J connectivity index is 1.45. The van der Waals surface area contributed by atoms with E-state index < -0.39 is 0 Å². The highest BCUT2D eigenvalue weighted by Gasteiger charge is 2.24. The zero-order chi connectivity index (χ0) is 45.2. The summed E-state index contributed by atoms with van der Waals surface area (Å²) in [5.41, 5.74) is 25.1. The smallest absolute Gasteiger partial charge is 0.127 e. The second-order valence-electron chi connectivity index (χ2n) is 18.4. The van der Waals surface area contributed by atoms with Gasteiger partial charge in [-0.05, 0) is 185 Å². The summed E-state index contributed by atoms with van der Waals surface area (Å²) in [7, 11) is 3.49. The molecule has 1 aliphatic rings. The minimum atomic E-state index is 0.789. The lowest BCUT2D eigenvalue weighted by Gasteiger charge is -2.15. The van der Waals surface area contributed by atoms with Crippen LogP contribution < -0.4 is 9.47 Å². The van der Waals surface area contributed by atoms with Crippen molar-refractivity contribution >= 4 is 77.6 Å². The Morgan fingerprint density at radius 2 is 0.800 bits per heavy atom. The highest BCUT2D eigenvalue weighted by molar-refractivity contribution is 6.34. The van der Waals surface area contributed by atoms with Gasteiger partial charge in [0.15, 0.2) is 0 Å². The molecule has 6 heteroatoms. The predicted molar refractivity (Wildman–Crippen MR) is 274 cm³/mol. The summed E-state index contributed by atoms with van der Waals surface area (Å²) >= 11 is 0. The first kappa shape index (κ1) is 40.3. The molecule has 6 nitrogen and oxygen atoms in total. The number of nitrogens with one attached hydrogen (secondary N) is 2. The van der Waals surface area contributed by atoms with Crippen molar-refractivity contribution in [3.63, 3.8) is 0 Å². The highest BCUT2D eigenvalue weighted by Crippen LogP contribution is 2.48. The molecule has 0 amide bonds. The van der Waals surface area contributed by atoms with E-state index in [9.17, 15) is 0 Å². The third-order valence-electron chi connectivity index (χ3n) is 13.7. The molecular formula is C59H52N4O2. The molecule has 0 fully saturated rings. The van der Waals surface area contributed by atoms with E-state index in [1.807, 2.05) is 0 Å². The first-order chi connectivity index (χ1) is 31.3. The first-order valence-electron chi connectivity index (χ1n) is 22.5. The van der Waals surface area contributed by atoms with Crippen molar-refractivity contribution in [3.8, 4) is 44.9 Å². The molecule has 0 spiro atoms. The van der Waals surface area contributed by atoms with Crippen molar-refractivity contribution in [3.05, 3.63) is 152 Å². The maximum absolute atomic E-state index is 6.23. The summed E-state index contributed by atoms with van der Waals surface area (Å²) in [6, 6.07) is 33.3. The maximum Gasteiger partial charge on any atom is 0.127 e. The molecule has 320 valence electrons. The number of fused-ring (bicyclic) bond motifs is 10. The summed E-state index contributed by atoms with van der Waals surface area (Å²) in [5, 5.41) is 6.20. The molecular weight excluding hydrogens is 797 g/mol. The minimum Gasteiger partial charge on any atom is -0.496 e. The van der Waals surface area contributed by atoms with Crippen molar-refractivity contribution in [2.24, 2.45) is 0 Å². The Bertz CT molecular complexity index is 3770. The van der Waals surface area contributed by atoms with Crippen LogP contribution in [0.4, 0.5) is 0 Å². The lowest BCUT2D eigenvalue weighted by atomic mass is 9.92. The summed E-state index contributed by atoms with van der Waals surface area (Å²) < 4.78 is 12.3. The number of aromatic amines is 2. The Hall–Kier alpha value is -7.44. The number of hydrogen-bond donors (Lipinski definition) is 2. The van der Waals surface area contributed by atoms with Crippen molar-refractivity contribution in [1.82, 2.24) is 19.9 Å². The molecule has 1 aliphatic heterocycles. The fourth-order valence-electron chi connectivity index (χ4n) is 11.5. The van der Waals surface area contributed by atoms with Gasteiger partial charge in [0, 0.05) is 65.7 Å². The first-order valence-corrected chi connectivity index (χ1v) is 22.5. The molecule has 2 N–H and O–H groups in total. The van der Waals surface area contributed by atoms with Gasteiger partial charge in [0.05, 0.1) is 36.6 Å². The lowest BCUT2D eigenvalue weighted by molar-refractivity contribution is 0.418. The quantitative estimate of drug-likeness (QED) is 0.181. The molecule has 0 unspecified atom stereocenters. The number of rotatable bonds is 5. The number of benzene rings is 6. The minimum absolute atomic E-state index is 0.789. The van der Waals surface area contributed by atoms with Gasteiger partial charge in [-0.3, -0.25) is 0 Å². The Kier molecular flexibility index (Phi) is 9.19. The molecule has 0 saturated carbocycles. The van der Waals surface area contributed by atoms with Crippen molar-refractivity contribution < 1.29 is 9.47 Å². The van der Waals surface area contributed by atoms with Crippen LogP contribution in [0.3, 0.4) is 0 Å². The van der Waals surface area contributed by atoms with Gasteiger partial charge >= 0.3 is 0 Å². The molecule has 8 bridgehead atoms. The van der Waals surface area contributed by atoms with Crippen molar-refractivity contribution in [2.45, 2.75) is 62.3 Å². The fourth-order valence-corrected chi connectivity index (χ4v) is 11.5.